The van der Waals surface area contributed by atoms with Crippen molar-refractivity contribution in [3.8, 4) is 0 Å². The van der Waals surface area contributed by atoms with E-state index >= 15 is 0 Å². The van der Waals surface area contributed by atoms with Crippen molar-refractivity contribution in [2.75, 3.05) is 10.0 Å². The first-order chi connectivity index (χ1) is 12.0. The molecule has 0 aromatic heterocycles. The second-order valence-electron chi connectivity index (χ2n) is 5.79. The molecular formula is C20H20N2O2S. The minimum absolute atomic E-state index is 0.293. The highest BCUT2D eigenvalue weighted by Gasteiger charge is 2.16. The molecule has 3 rings (SSSR count). The molecule has 0 amide bonds. The van der Waals surface area contributed by atoms with Crippen molar-refractivity contribution in [1.29, 1.82) is 0 Å². The third-order valence-corrected chi connectivity index (χ3v) is 5.40. The number of hydrogen-bond donors (Lipinski definition) is 2. The standard InChI is InChI=1S/C20H20N2O2S/c1-16-7-5-6-10-20(16)25(23,24)22-19-13-11-18(12-14-19)21-15-17-8-3-2-4-9-17/h2-14,21-22H,15H2,1H3. The fourth-order valence-electron chi connectivity index (χ4n) is 2.52. The van der Waals surface area contributed by atoms with E-state index in [1.807, 2.05) is 36.4 Å². The van der Waals surface area contributed by atoms with Crippen molar-refractivity contribution in [3.63, 3.8) is 0 Å². The molecule has 0 saturated heterocycles. The van der Waals surface area contributed by atoms with Gasteiger partial charge in [0.2, 0.25) is 0 Å². The molecule has 5 heteroatoms. The molecule has 0 aliphatic rings. The molecule has 0 unspecified atom stereocenters. The number of nitrogens with one attached hydrogen (secondary N) is 2. The predicted molar refractivity (Wildman–Crippen MR) is 102 cm³/mol. The van der Waals surface area contributed by atoms with Crippen LogP contribution in [0.2, 0.25) is 0 Å². The maximum Gasteiger partial charge on any atom is 0.262 e. The van der Waals surface area contributed by atoms with Crippen LogP contribution in [0.4, 0.5) is 11.4 Å². The van der Waals surface area contributed by atoms with Crippen molar-refractivity contribution < 1.29 is 8.42 Å². The molecule has 0 saturated carbocycles. The summed E-state index contributed by atoms with van der Waals surface area (Å²) in [5, 5.41) is 3.31. The Hall–Kier alpha value is -2.79. The maximum absolute atomic E-state index is 12.5. The molecule has 0 aliphatic heterocycles. The molecule has 0 heterocycles. The zero-order chi connectivity index (χ0) is 17.7. The van der Waals surface area contributed by atoms with Gasteiger partial charge in [-0.1, -0.05) is 48.5 Å². The van der Waals surface area contributed by atoms with Crippen molar-refractivity contribution in [2.24, 2.45) is 0 Å². The molecular weight excluding hydrogens is 332 g/mol. The second kappa shape index (κ2) is 7.40. The number of rotatable bonds is 6. The molecule has 0 spiro atoms. The summed E-state index contributed by atoms with van der Waals surface area (Å²) in [5.41, 5.74) is 3.37. The number of benzene rings is 3. The van der Waals surface area contributed by atoms with E-state index in [0.29, 0.717) is 10.6 Å². The van der Waals surface area contributed by atoms with E-state index in [-0.39, 0.29) is 0 Å². The molecule has 0 fully saturated rings. The Morgan fingerprint density at radius 3 is 2.04 bits per heavy atom. The zero-order valence-corrected chi connectivity index (χ0v) is 14.8. The number of hydrogen-bond acceptors (Lipinski definition) is 3. The molecule has 0 radical (unpaired) electrons. The summed E-state index contributed by atoms with van der Waals surface area (Å²) in [4.78, 5) is 0.293. The lowest BCUT2D eigenvalue weighted by molar-refractivity contribution is 0.600. The average molecular weight is 352 g/mol. The molecule has 0 aliphatic carbocycles. The van der Waals surface area contributed by atoms with Crippen LogP contribution >= 0.6 is 0 Å². The van der Waals surface area contributed by atoms with Gasteiger partial charge in [0.1, 0.15) is 0 Å². The van der Waals surface area contributed by atoms with Gasteiger partial charge in [-0.05, 0) is 48.4 Å². The van der Waals surface area contributed by atoms with Crippen LogP contribution in [0, 0.1) is 6.92 Å². The number of anilines is 2. The first-order valence-corrected chi connectivity index (χ1v) is 9.49. The van der Waals surface area contributed by atoms with E-state index in [0.717, 1.165) is 17.8 Å². The summed E-state index contributed by atoms with van der Waals surface area (Å²) in [6.07, 6.45) is 0. The van der Waals surface area contributed by atoms with Crippen LogP contribution in [0.1, 0.15) is 11.1 Å². The molecule has 0 atom stereocenters. The SMILES string of the molecule is Cc1ccccc1S(=O)(=O)Nc1ccc(NCc2ccccc2)cc1. The van der Waals surface area contributed by atoms with Gasteiger partial charge in [0.15, 0.2) is 0 Å². The minimum Gasteiger partial charge on any atom is -0.381 e. The van der Waals surface area contributed by atoms with Gasteiger partial charge in [0.25, 0.3) is 10.0 Å². The Morgan fingerprint density at radius 2 is 1.36 bits per heavy atom. The first kappa shape index (κ1) is 17.0. The lowest BCUT2D eigenvalue weighted by atomic mass is 10.2. The van der Waals surface area contributed by atoms with Gasteiger partial charge < -0.3 is 5.32 Å². The van der Waals surface area contributed by atoms with E-state index in [1.54, 1.807) is 37.3 Å². The van der Waals surface area contributed by atoms with Crippen molar-refractivity contribution in [3.05, 3.63) is 90.0 Å². The third-order valence-electron chi connectivity index (χ3n) is 3.86. The van der Waals surface area contributed by atoms with E-state index in [2.05, 4.69) is 22.2 Å². The highest BCUT2D eigenvalue weighted by Crippen LogP contribution is 2.20. The van der Waals surface area contributed by atoms with Crippen molar-refractivity contribution in [1.82, 2.24) is 0 Å². The molecule has 3 aromatic carbocycles. The molecule has 128 valence electrons. The normalized spacial score (nSPS) is 11.1. The highest BCUT2D eigenvalue weighted by atomic mass is 32.2. The fourth-order valence-corrected chi connectivity index (χ4v) is 3.83. The van der Waals surface area contributed by atoms with E-state index in [9.17, 15) is 8.42 Å². The summed E-state index contributed by atoms with van der Waals surface area (Å²) in [6, 6.07) is 24.2. The van der Waals surface area contributed by atoms with Gasteiger partial charge in [0.05, 0.1) is 4.90 Å². The third kappa shape index (κ3) is 4.39. The number of aryl methyl sites for hydroxylation is 1. The Labute approximate surface area is 148 Å². The molecule has 2 N–H and O–H groups in total. The summed E-state index contributed by atoms with van der Waals surface area (Å²) in [5.74, 6) is 0. The monoisotopic (exact) mass is 352 g/mol. The average Bonchev–Trinajstić information content (AvgIpc) is 2.62. The van der Waals surface area contributed by atoms with Crippen LogP contribution in [-0.2, 0) is 16.6 Å². The van der Waals surface area contributed by atoms with Gasteiger partial charge in [0, 0.05) is 17.9 Å². The summed E-state index contributed by atoms with van der Waals surface area (Å²) in [6.45, 7) is 2.50. The summed E-state index contributed by atoms with van der Waals surface area (Å²) < 4.78 is 27.6. The van der Waals surface area contributed by atoms with Crippen LogP contribution in [0.3, 0.4) is 0 Å². The second-order valence-corrected chi connectivity index (χ2v) is 7.44. The maximum atomic E-state index is 12.5. The Balaban J connectivity index is 1.67. The van der Waals surface area contributed by atoms with Crippen LogP contribution in [-0.4, -0.2) is 8.42 Å². The highest BCUT2D eigenvalue weighted by molar-refractivity contribution is 7.92. The number of sulfonamides is 1. The molecule has 0 bridgehead atoms. The molecule has 25 heavy (non-hydrogen) atoms. The quantitative estimate of drug-likeness (QED) is 0.691. The lowest BCUT2D eigenvalue weighted by Crippen LogP contribution is -2.14. The van der Waals surface area contributed by atoms with Crippen LogP contribution in [0.15, 0.2) is 83.8 Å². The van der Waals surface area contributed by atoms with Crippen LogP contribution < -0.4 is 10.0 Å². The smallest absolute Gasteiger partial charge is 0.262 e. The topological polar surface area (TPSA) is 58.2 Å². The summed E-state index contributed by atoms with van der Waals surface area (Å²) >= 11 is 0. The molecule has 4 nitrogen and oxygen atoms in total. The van der Waals surface area contributed by atoms with Crippen molar-refractivity contribution >= 4 is 21.4 Å². The van der Waals surface area contributed by atoms with Gasteiger partial charge in [-0.2, -0.15) is 0 Å². The Bertz CT molecular complexity index is 937. The lowest BCUT2D eigenvalue weighted by Gasteiger charge is -2.11. The Morgan fingerprint density at radius 1 is 0.760 bits per heavy atom. The van der Waals surface area contributed by atoms with E-state index in [4.69, 9.17) is 0 Å². The van der Waals surface area contributed by atoms with Gasteiger partial charge in [-0.25, -0.2) is 8.42 Å². The minimum atomic E-state index is -3.58. The van der Waals surface area contributed by atoms with Crippen LogP contribution in [0.5, 0.6) is 0 Å². The first-order valence-electron chi connectivity index (χ1n) is 8.01. The summed E-state index contributed by atoms with van der Waals surface area (Å²) in [7, 11) is -3.58. The van der Waals surface area contributed by atoms with Gasteiger partial charge >= 0.3 is 0 Å². The van der Waals surface area contributed by atoms with E-state index < -0.39 is 10.0 Å². The Kier molecular flexibility index (Phi) is 5.05. The zero-order valence-electron chi connectivity index (χ0n) is 13.9. The fraction of sp³-hybridized carbons (Fsp3) is 0.100. The van der Waals surface area contributed by atoms with Gasteiger partial charge in [-0.3, -0.25) is 4.72 Å². The molecule has 3 aromatic rings. The predicted octanol–water partition coefficient (Wildman–Crippen LogP) is 4.41. The van der Waals surface area contributed by atoms with Gasteiger partial charge in [-0.15, -0.1) is 0 Å². The largest absolute Gasteiger partial charge is 0.381 e. The van der Waals surface area contributed by atoms with Crippen LogP contribution in [0.25, 0.3) is 0 Å². The van der Waals surface area contributed by atoms with Crippen molar-refractivity contribution in [2.45, 2.75) is 18.4 Å². The van der Waals surface area contributed by atoms with E-state index in [1.165, 1.54) is 5.56 Å².